The number of hydrogen-bond acceptors (Lipinski definition) is 4. The zero-order chi connectivity index (χ0) is 18.1. The van der Waals surface area contributed by atoms with Gasteiger partial charge in [-0.1, -0.05) is 30.3 Å². The van der Waals surface area contributed by atoms with Gasteiger partial charge in [0.2, 0.25) is 5.91 Å². The van der Waals surface area contributed by atoms with Crippen molar-refractivity contribution >= 4 is 11.9 Å². The van der Waals surface area contributed by atoms with E-state index in [2.05, 4.69) is 21.9 Å². The average molecular weight is 356 g/mol. The second kappa shape index (κ2) is 7.03. The van der Waals surface area contributed by atoms with Gasteiger partial charge in [-0.3, -0.25) is 14.5 Å². The topological polar surface area (TPSA) is 49.9 Å². The third-order valence-corrected chi connectivity index (χ3v) is 6.41. The van der Waals surface area contributed by atoms with E-state index in [1.54, 1.807) is 0 Å². The number of amides is 1. The Morgan fingerprint density at radius 1 is 1.19 bits per heavy atom. The van der Waals surface area contributed by atoms with Crippen molar-refractivity contribution in [3.8, 4) is 0 Å². The molecule has 5 nitrogen and oxygen atoms in total. The van der Waals surface area contributed by atoms with Crippen molar-refractivity contribution in [3.63, 3.8) is 0 Å². The normalized spacial score (nSPS) is 26.1. The SMILES string of the molecule is COC(=O)CN1CCC2(CC1)C[C@H](c1ccccc1)C(=O)N(C1CC1)C2. The lowest BCUT2D eigenvalue weighted by Gasteiger charge is -2.50. The van der Waals surface area contributed by atoms with Crippen LogP contribution in [0.5, 0.6) is 0 Å². The van der Waals surface area contributed by atoms with Crippen molar-refractivity contribution in [2.45, 2.75) is 44.1 Å². The molecule has 2 heterocycles. The number of ether oxygens (including phenoxy) is 1. The van der Waals surface area contributed by atoms with Gasteiger partial charge in [0.15, 0.2) is 0 Å². The van der Waals surface area contributed by atoms with Crippen LogP contribution in [0.2, 0.25) is 0 Å². The minimum Gasteiger partial charge on any atom is -0.468 e. The first-order valence-corrected chi connectivity index (χ1v) is 9.75. The summed E-state index contributed by atoms with van der Waals surface area (Å²) in [5.74, 6) is 0.139. The molecule has 1 aromatic carbocycles. The maximum absolute atomic E-state index is 13.1. The van der Waals surface area contributed by atoms with E-state index in [1.807, 2.05) is 18.2 Å². The molecule has 1 atom stereocenters. The average Bonchev–Trinajstić information content (AvgIpc) is 3.51. The lowest BCUT2D eigenvalue weighted by atomic mass is 9.67. The van der Waals surface area contributed by atoms with E-state index in [0.717, 1.165) is 57.3 Å². The number of carbonyl (C=O) groups excluding carboxylic acids is 2. The molecule has 1 amide bonds. The van der Waals surface area contributed by atoms with Crippen molar-refractivity contribution in [2.24, 2.45) is 5.41 Å². The van der Waals surface area contributed by atoms with Gasteiger partial charge in [0.25, 0.3) is 0 Å². The van der Waals surface area contributed by atoms with Crippen molar-refractivity contribution in [1.82, 2.24) is 9.80 Å². The van der Waals surface area contributed by atoms with Gasteiger partial charge in [-0.05, 0) is 56.2 Å². The summed E-state index contributed by atoms with van der Waals surface area (Å²) in [5, 5.41) is 0. The highest BCUT2D eigenvalue weighted by atomic mass is 16.5. The zero-order valence-electron chi connectivity index (χ0n) is 15.5. The highest BCUT2D eigenvalue weighted by Gasteiger charge is 2.49. The molecule has 3 fully saturated rings. The summed E-state index contributed by atoms with van der Waals surface area (Å²) in [6, 6.07) is 10.7. The van der Waals surface area contributed by atoms with Crippen LogP contribution in [0, 0.1) is 5.41 Å². The molecule has 4 rings (SSSR count). The number of methoxy groups -OCH3 is 1. The standard InChI is InChI=1S/C21H28N2O3/c1-26-19(24)14-22-11-9-21(10-12-22)13-18(16-5-3-2-4-6-16)20(25)23(15-21)17-7-8-17/h2-6,17-18H,7-15H2,1H3/t18-/m1/s1. The van der Waals surface area contributed by atoms with Crippen LogP contribution in [0.25, 0.3) is 0 Å². The van der Waals surface area contributed by atoms with Gasteiger partial charge in [-0.2, -0.15) is 0 Å². The number of piperidine rings is 2. The molecular weight excluding hydrogens is 328 g/mol. The molecular formula is C21H28N2O3. The van der Waals surface area contributed by atoms with Crippen molar-refractivity contribution in [1.29, 1.82) is 0 Å². The van der Waals surface area contributed by atoms with E-state index in [-0.39, 0.29) is 17.3 Å². The van der Waals surface area contributed by atoms with E-state index < -0.39 is 0 Å². The maximum atomic E-state index is 13.1. The van der Waals surface area contributed by atoms with Gasteiger partial charge in [0.1, 0.15) is 0 Å². The second-order valence-corrected chi connectivity index (χ2v) is 8.22. The van der Waals surface area contributed by atoms with Gasteiger partial charge in [0.05, 0.1) is 19.6 Å². The Labute approximate surface area is 155 Å². The summed E-state index contributed by atoms with van der Waals surface area (Å²) in [5.41, 5.74) is 1.34. The molecule has 140 valence electrons. The maximum Gasteiger partial charge on any atom is 0.319 e. The number of carbonyl (C=O) groups is 2. The number of nitrogens with zero attached hydrogens (tertiary/aromatic N) is 2. The molecule has 1 aromatic rings. The first kappa shape index (κ1) is 17.5. The second-order valence-electron chi connectivity index (χ2n) is 8.22. The quantitative estimate of drug-likeness (QED) is 0.778. The Kier molecular flexibility index (Phi) is 4.74. The predicted molar refractivity (Wildman–Crippen MR) is 98.7 cm³/mol. The van der Waals surface area contributed by atoms with Crippen molar-refractivity contribution in [2.75, 3.05) is 33.3 Å². The molecule has 5 heteroatoms. The van der Waals surface area contributed by atoms with Crippen LogP contribution in [0.4, 0.5) is 0 Å². The van der Waals surface area contributed by atoms with Gasteiger partial charge >= 0.3 is 5.97 Å². The lowest BCUT2D eigenvalue weighted by Crippen LogP contribution is -2.55. The summed E-state index contributed by atoms with van der Waals surface area (Å²) in [6.07, 6.45) is 5.33. The first-order chi connectivity index (χ1) is 12.6. The summed E-state index contributed by atoms with van der Waals surface area (Å²) in [7, 11) is 1.44. The number of rotatable bonds is 4. The van der Waals surface area contributed by atoms with Gasteiger partial charge in [0, 0.05) is 12.6 Å². The van der Waals surface area contributed by atoms with Gasteiger partial charge < -0.3 is 9.64 Å². The first-order valence-electron chi connectivity index (χ1n) is 9.75. The van der Waals surface area contributed by atoms with Crippen LogP contribution < -0.4 is 0 Å². The summed E-state index contributed by atoms with van der Waals surface area (Å²) >= 11 is 0. The van der Waals surface area contributed by atoms with Crippen LogP contribution in [-0.2, 0) is 14.3 Å². The molecule has 0 aromatic heterocycles. The van der Waals surface area contributed by atoms with Crippen LogP contribution in [0.1, 0.15) is 43.6 Å². The van der Waals surface area contributed by atoms with Gasteiger partial charge in [-0.15, -0.1) is 0 Å². The van der Waals surface area contributed by atoms with Crippen LogP contribution in [0.3, 0.4) is 0 Å². The fraction of sp³-hybridized carbons (Fsp3) is 0.619. The molecule has 0 unspecified atom stereocenters. The number of likely N-dealkylation sites (tertiary alicyclic amines) is 2. The molecule has 2 aliphatic heterocycles. The summed E-state index contributed by atoms with van der Waals surface area (Å²) < 4.78 is 4.80. The highest BCUT2D eigenvalue weighted by molar-refractivity contribution is 5.85. The fourth-order valence-electron chi connectivity index (χ4n) is 4.66. The van der Waals surface area contributed by atoms with Gasteiger partial charge in [-0.25, -0.2) is 0 Å². The largest absolute Gasteiger partial charge is 0.468 e. The van der Waals surface area contributed by atoms with E-state index >= 15 is 0 Å². The highest BCUT2D eigenvalue weighted by Crippen LogP contribution is 2.48. The fourth-order valence-corrected chi connectivity index (χ4v) is 4.66. The van der Waals surface area contributed by atoms with E-state index in [4.69, 9.17) is 4.74 Å². The smallest absolute Gasteiger partial charge is 0.319 e. The van der Waals surface area contributed by atoms with Crippen LogP contribution >= 0.6 is 0 Å². The zero-order valence-corrected chi connectivity index (χ0v) is 15.5. The molecule has 1 spiro atoms. The Morgan fingerprint density at radius 2 is 1.88 bits per heavy atom. The third-order valence-electron chi connectivity index (χ3n) is 6.41. The molecule has 26 heavy (non-hydrogen) atoms. The van der Waals surface area contributed by atoms with E-state index in [0.29, 0.717) is 18.5 Å². The number of hydrogen-bond donors (Lipinski definition) is 0. The molecule has 1 saturated carbocycles. The lowest BCUT2D eigenvalue weighted by molar-refractivity contribution is -0.144. The Bertz CT molecular complexity index is 663. The molecule has 0 bridgehead atoms. The van der Waals surface area contributed by atoms with E-state index in [1.165, 1.54) is 7.11 Å². The van der Waals surface area contributed by atoms with Crippen LogP contribution in [0.15, 0.2) is 30.3 Å². The minimum absolute atomic E-state index is 0.0160. The summed E-state index contributed by atoms with van der Waals surface area (Å²) in [6.45, 7) is 3.08. The number of benzene rings is 1. The van der Waals surface area contributed by atoms with Crippen molar-refractivity contribution < 1.29 is 14.3 Å². The number of esters is 1. The monoisotopic (exact) mass is 356 g/mol. The Hall–Kier alpha value is -1.88. The molecule has 2 saturated heterocycles. The molecule has 0 N–H and O–H groups in total. The molecule has 3 aliphatic rings. The van der Waals surface area contributed by atoms with Crippen molar-refractivity contribution in [3.05, 3.63) is 35.9 Å². The Morgan fingerprint density at radius 3 is 2.50 bits per heavy atom. The minimum atomic E-state index is -0.165. The third kappa shape index (κ3) is 3.50. The molecule has 0 radical (unpaired) electrons. The van der Waals surface area contributed by atoms with E-state index in [9.17, 15) is 9.59 Å². The predicted octanol–water partition coefficient (Wildman–Crippen LogP) is 2.42. The summed E-state index contributed by atoms with van der Waals surface area (Å²) in [4.78, 5) is 29.1. The van der Waals surface area contributed by atoms with Crippen LogP contribution in [-0.4, -0.2) is 61.0 Å². The Balaban J connectivity index is 1.51. The molecule has 1 aliphatic carbocycles.